The van der Waals surface area contributed by atoms with Crippen molar-refractivity contribution >= 4 is 28.2 Å². The number of nitrogens with zero attached hydrogens (tertiary/aromatic N) is 2. The molecule has 1 atom stereocenters. The van der Waals surface area contributed by atoms with Crippen LogP contribution in [0.4, 0.5) is 11.4 Å². The van der Waals surface area contributed by atoms with E-state index in [1.54, 1.807) is 0 Å². The Hall–Kier alpha value is -4.48. The minimum absolute atomic E-state index is 0.0635. The zero-order valence-corrected chi connectivity index (χ0v) is 22.1. The Kier molecular flexibility index (Phi) is 7.07. The molecule has 194 valence electrons. The SMILES string of the molecule is Cc1cc(Nc2cccc(C(=O)NCCN3Cc4ccccc4C(c4ccccc4)C3)c2)c2ccccc2n1. The van der Waals surface area contributed by atoms with Crippen molar-refractivity contribution in [2.75, 3.05) is 25.0 Å². The Labute approximate surface area is 229 Å². The van der Waals surface area contributed by atoms with E-state index in [0.29, 0.717) is 18.0 Å². The van der Waals surface area contributed by atoms with E-state index in [1.165, 1.54) is 16.7 Å². The number of aromatic nitrogens is 1. The first kappa shape index (κ1) is 24.8. The van der Waals surface area contributed by atoms with Crippen LogP contribution in [-0.4, -0.2) is 35.4 Å². The van der Waals surface area contributed by atoms with Crippen molar-refractivity contribution in [2.24, 2.45) is 0 Å². The summed E-state index contributed by atoms with van der Waals surface area (Å²) in [6.45, 7) is 5.21. The number of para-hydroxylation sites is 1. The first-order valence-corrected chi connectivity index (χ1v) is 13.5. The topological polar surface area (TPSA) is 57.3 Å². The number of rotatable bonds is 7. The monoisotopic (exact) mass is 512 g/mol. The van der Waals surface area contributed by atoms with E-state index >= 15 is 0 Å². The molecule has 4 aromatic carbocycles. The fraction of sp³-hybridized carbons (Fsp3) is 0.176. The number of nitrogens with one attached hydrogen (secondary N) is 2. The molecule has 1 unspecified atom stereocenters. The van der Waals surface area contributed by atoms with E-state index < -0.39 is 0 Å². The van der Waals surface area contributed by atoms with Gasteiger partial charge in [0.15, 0.2) is 0 Å². The zero-order valence-electron chi connectivity index (χ0n) is 22.1. The molecule has 0 saturated heterocycles. The average Bonchev–Trinajstić information content (AvgIpc) is 2.97. The molecule has 39 heavy (non-hydrogen) atoms. The number of aryl methyl sites for hydroxylation is 1. The fourth-order valence-electron chi connectivity index (χ4n) is 5.56. The molecule has 2 heterocycles. The summed E-state index contributed by atoms with van der Waals surface area (Å²) in [5, 5.41) is 7.68. The molecule has 5 heteroatoms. The summed E-state index contributed by atoms with van der Waals surface area (Å²) in [7, 11) is 0. The maximum absolute atomic E-state index is 13.1. The van der Waals surface area contributed by atoms with Gasteiger partial charge in [0.05, 0.1) is 5.52 Å². The van der Waals surface area contributed by atoms with Crippen LogP contribution in [0.15, 0.2) is 109 Å². The number of anilines is 2. The molecule has 0 bridgehead atoms. The molecule has 1 aromatic heterocycles. The molecular weight excluding hydrogens is 480 g/mol. The Morgan fingerprint density at radius 1 is 0.897 bits per heavy atom. The Morgan fingerprint density at radius 2 is 1.69 bits per heavy atom. The molecule has 1 aliphatic rings. The van der Waals surface area contributed by atoms with Gasteiger partial charge < -0.3 is 10.6 Å². The molecule has 1 aliphatic heterocycles. The number of hydrogen-bond donors (Lipinski definition) is 2. The maximum Gasteiger partial charge on any atom is 0.251 e. The van der Waals surface area contributed by atoms with Crippen molar-refractivity contribution in [3.05, 3.63) is 137 Å². The van der Waals surface area contributed by atoms with Gasteiger partial charge >= 0.3 is 0 Å². The molecule has 6 rings (SSSR count). The zero-order chi connectivity index (χ0) is 26.6. The van der Waals surface area contributed by atoms with Gasteiger partial charge in [-0.05, 0) is 53.9 Å². The molecule has 5 nitrogen and oxygen atoms in total. The van der Waals surface area contributed by atoms with Crippen molar-refractivity contribution in [3.63, 3.8) is 0 Å². The molecule has 0 aliphatic carbocycles. The van der Waals surface area contributed by atoms with Crippen molar-refractivity contribution in [1.82, 2.24) is 15.2 Å². The third-order valence-corrected chi connectivity index (χ3v) is 7.43. The molecular formula is C34H32N4O. The van der Waals surface area contributed by atoms with E-state index in [4.69, 9.17) is 0 Å². The van der Waals surface area contributed by atoms with Crippen LogP contribution in [0.1, 0.15) is 38.7 Å². The van der Waals surface area contributed by atoms with Crippen molar-refractivity contribution < 1.29 is 4.79 Å². The van der Waals surface area contributed by atoms with Gasteiger partial charge in [0.25, 0.3) is 5.91 Å². The second-order valence-electron chi connectivity index (χ2n) is 10.2. The first-order valence-electron chi connectivity index (χ1n) is 13.5. The summed E-state index contributed by atoms with van der Waals surface area (Å²) in [6, 6.07) is 37.2. The molecule has 2 N–H and O–H groups in total. The Balaban J connectivity index is 1.11. The lowest BCUT2D eigenvalue weighted by molar-refractivity contribution is 0.0947. The number of carbonyl (C=O) groups is 1. The first-order chi connectivity index (χ1) is 19.1. The standard InChI is InChI=1S/C34H32N4O/c1-24-20-33(30-16-7-8-17-32(30)36-24)37-28-14-9-13-26(21-28)34(39)35-18-19-38-22-27-12-5-6-15-29(27)31(23-38)25-10-3-2-4-11-25/h2-17,20-21,31H,18-19,22-23H2,1H3,(H,35,39)(H,36,37). The number of amides is 1. The summed E-state index contributed by atoms with van der Waals surface area (Å²) >= 11 is 0. The highest BCUT2D eigenvalue weighted by molar-refractivity contribution is 5.96. The number of pyridine rings is 1. The van der Waals surface area contributed by atoms with Crippen LogP contribution in [0.2, 0.25) is 0 Å². The normalized spacial score (nSPS) is 15.1. The van der Waals surface area contributed by atoms with Crippen LogP contribution in [0.25, 0.3) is 10.9 Å². The largest absolute Gasteiger partial charge is 0.355 e. The molecule has 5 aromatic rings. The van der Waals surface area contributed by atoms with Crippen LogP contribution in [0.5, 0.6) is 0 Å². The molecule has 0 radical (unpaired) electrons. The van der Waals surface area contributed by atoms with E-state index in [2.05, 4.69) is 81.2 Å². The highest BCUT2D eigenvalue weighted by Gasteiger charge is 2.26. The molecule has 0 saturated carbocycles. The molecule has 1 amide bonds. The maximum atomic E-state index is 13.1. The van der Waals surface area contributed by atoms with E-state index in [1.807, 2.05) is 55.5 Å². The lowest BCUT2D eigenvalue weighted by Gasteiger charge is -2.35. The van der Waals surface area contributed by atoms with Crippen LogP contribution in [0, 0.1) is 6.92 Å². The van der Waals surface area contributed by atoms with Gasteiger partial charge in [0, 0.05) is 60.1 Å². The van der Waals surface area contributed by atoms with Gasteiger partial charge in [-0.15, -0.1) is 0 Å². The number of carbonyl (C=O) groups excluding carboxylic acids is 1. The van der Waals surface area contributed by atoms with Gasteiger partial charge in [0.2, 0.25) is 0 Å². The van der Waals surface area contributed by atoms with Gasteiger partial charge in [0.1, 0.15) is 0 Å². The lowest BCUT2D eigenvalue weighted by atomic mass is 9.85. The summed E-state index contributed by atoms with van der Waals surface area (Å²) in [5.41, 5.74) is 8.49. The van der Waals surface area contributed by atoms with Crippen molar-refractivity contribution in [2.45, 2.75) is 19.4 Å². The van der Waals surface area contributed by atoms with Gasteiger partial charge in [-0.1, -0.05) is 78.9 Å². The lowest BCUT2D eigenvalue weighted by Crippen LogP contribution is -2.39. The number of fused-ring (bicyclic) bond motifs is 2. The Morgan fingerprint density at radius 3 is 2.59 bits per heavy atom. The van der Waals surface area contributed by atoms with E-state index in [9.17, 15) is 4.79 Å². The summed E-state index contributed by atoms with van der Waals surface area (Å²) in [6.07, 6.45) is 0. The molecule has 0 fully saturated rings. The number of hydrogen-bond acceptors (Lipinski definition) is 4. The van der Waals surface area contributed by atoms with Gasteiger partial charge in [-0.25, -0.2) is 0 Å². The van der Waals surface area contributed by atoms with Crippen LogP contribution in [0.3, 0.4) is 0 Å². The van der Waals surface area contributed by atoms with Crippen molar-refractivity contribution in [3.8, 4) is 0 Å². The van der Waals surface area contributed by atoms with Gasteiger partial charge in [-0.2, -0.15) is 0 Å². The van der Waals surface area contributed by atoms with E-state index in [-0.39, 0.29) is 5.91 Å². The van der Waals surface area contributed by atoms with Crippen LogP contribution in [-0.2, 0) is 6.54 Å². The van der Waals surface area contributed by atoms with Gasteiger partial charge in [-0.3, -0.25) is 14.7 Å². The third kappa shape index (κ3) is 5.54. The summed E-state index contributed by atoms with van der Waals surface area (Å²) < 4.78 is 0. The Bertz CT molecular complexity index is 1610. The highest BCUT2D eigenvalue weighted by Crippen LogP contribution is 2.33. The minimum atomic E-state index is -0.0635. The molecule has 0 spiro atoms. The summed E-state index contributed by atoms with van der Waals surface area (Å²) in [5.74, 6) is 0.272. The number of benzene rings is 4. The fourth-order valence-corrected chi connectivity index (χ4v) is 5.56. The quantitative estimate of drug-likeness (QED) is 0.256. The predicted octanol–water partition coefficient (Wildman–Crippen LogP) is 6.66. The predicted molar refractivity (Wildman–Crippen MR) is 159 cm³/mol. The van der Waals surface area contributed by atoms with Crippen LogP contribution < -0.4 is 10.6 Å². The van der Waals surface area contributed by atoms with Crippen LogP contribution >= 0.6 is 0 Å². The average molecular weight is 513 g/mol. The second kappa shape index (κ2) is 11.1. The summed E-state index contributed by atoms with van der Waals surface area (Å²) in [4.78, 5) is 20.1. The smallest absolute Gasteiger partial charge is 0.251 e. The van der Waals surface area contributed by atoms with Crippen molar-refractivity contribution in [1.29, 1.82) is 0 Å². The second-order valence-corrected chi connectivity index (χ2v) is 10.2. The third-order valence-electron chi connectivity index (χ3n) is 7.43. The minimum Gasteiger partial charge on any atom is -0.355 e. The van der Waals surface area contributed by atoms with E-state index in [0.717, 1.165) is 47.6 Å². The highest BCUT2D eigenvalue weighted by atomic mass is 16.1.